The summed E-state index contributed by atoms with van der Waals surface area (Å²) in [7, 11) is 0. The van der Waals surface area contributed by atoms with Crippen LogP contribution in [0.2, 0.25) is 0 Å². The first kappa shape index (κ1) is 22.5. The van der Waals surface area contributed by atoms with Gasteiger partial charge in [0.15, 0.2) is 0 Å². The largest absolute Gasteiger partial charge is 0.494 e. The quantitative estimate of drug-likeness (QED) is 0.557. The summed E-state index contributed by atoms with van der Waals surface area (Å²) in [5.74, 6) is 0.962. The zero-order chi connectivity index (χ0) is 22.3. The van der Waals surface area contributed by atoms with E-state index in [0.29, 0.717) is 12.6 Å². The average molecular weight is 435 g/mol. The third-order valence-corrected chi connectivity index (χ3v) is 6.14. The van der Waals surface area contributed by atoms with Gasteiger partial charge in [-0.1, -0.05) is 35.9 Å². The number of hydrogen-bond acceptors (Lipinski definition) is 5. The summed E-state index contributed by atoms with van der Waals surface area (Å²) in [5, 5.41) is 14.2. The first-order chi connectivity index (χ1) is 15.7. The van der Waals surface area contributed by atoms with Crippen LogP contribution in [0.5, 0.6) is 5.75 Å². The Hall–Kier alpha value is -2.67. The topological polar surface area (TPSA) is 53.8 Å². The maximum atomic E-state index is 9.68. The van der Waals surface area contributed by atoms with Crippen LogP contribution >= 0.6 is 0 Å². The normalized spacial score (nSPS) is 17.5. The highest BCUT2D eigenvalue weighted by molar-refractivity contribution is 5.34. The molecule has 1 aliphatic heterocycles. The van der Waals surface area contributed by atoms with E-state index in [1.165, 1.54) is 16.7 Å². The Morgan fingerprint density at radius 1 is 1.06 bits per heavy atom. The summed E-state index contributed by atoms with van der Waals surface area (Å²) < 4.78 is 7.77. The van der Waals surface area contributed by atoms with Crippen molar-refractivity contribution >= 4 is 0 Å². The van der Waals surface area contributed by atoms with Gasteiger partial charge in [0.2, 0.25) is 0 Å². The van der Waals surface area contributed by atoms with E-state index < -0.39 is 0 Å². The molecular weight excluding hydrogens is 400 g/mol. The van der Waals surface area contributed by atoms with Gasteiger partial charge < -0.3 is 9.84 Å². The van der Waals surface area contributed by atoms with Gasteiger partial charge in [0.05, 0.1) is 18.5 Å². The molecule has 4 rings (SSSR count). The lowest BCUT2D eigenvalue weighted by Gasteiger charge is -2.41. The number of rotatable bonds is 9. The van der Waals surface area contributed by atoms with Crippen molar-refractivity contribution in [3.63, 3.8) is 0 Å². The number of aliphatic hydroxyl groups is 1. The van der Waals surface area contributed by atoms with Gasteiger partial charge in [-0.2, -0.15) is 5.10 Å². The van der Waals surface area contributed by atoms with Gasteiger partial charge >= 0.3 is 0 Å². The standard InChI is InChI=1S/C26H34N4O2/c1-3-32-26-7-5-4-6-23(26)19-29-14-13-28(20-25(29)12-15-31)17-22-16-27-30(18-22)24-10-8-21(2)9-11-24/h4-11,16,18,25,31H,3,12-15,17,19-20H2,1-2H3/t25-/m1/s1. The van der Waals surface area contributed by atoms with Crippen molar-refractivity contribution in [3.05, 3.63) is 77.6 Å². The molecule has 1 aliphatic rings. The lowest BCUT2D eigenvalue weighted by atomic mass is 10.1. The molecule has 0 aliphatic carbocycles. The molecule has 6 heteroatoms. The van der Waals surface area contributed by atoms with Gasteiger partial charge in [0.25, 0.3) is 0 Å². The zero-order valence-corrected chi connectivity index (χ0v) is 19.2. The zero-order valence-electron chi connectivity index (χ0n) is 19.2. The molecule has 1 saturated heterocycles. The van der Waals surface area contributed by atoms with Gasteiger partial charge in [-0.05, 0) is 38.5 Å². The van der Waals surface area contributed by atoms with Crippen molar-refractivity contribution in [1.29, 1.82) is 0 Å². The van der Waals surface area contributed by atoms with E-state index in [9.17, 15) is 5.11 Å². The summed E-state index contributed by atoms with van der Waals surface area (Å²) in [6, 6.07) is 17.0. The number of hydrogen-bond donors (Lipinski definition) is 1. The number of piperazine rings is 1. The van der Waals surface area contributed by atoms with Crippen molar-refractivity contribution in [1.82, 2.24) is 19.6 Å². The van der Waals surface area contributed by atoms with E-state index in [2.05, 4.69) is 64.4 Å². The summed E-state index contributed by atoms with van der Waals surface area (Å²) in [5.41, 5.74) is 4.75. The minimum Gasteiger partial charge on any atom is -0.494 e. The fraction of sp³-hybridized carbons (Fsp3) is 0.423. The number of ether oxygens (including phenoxy) is 1. The van der Waals surface area contributed by atoms with Crippen LogP contribution in [0.25, 0.3) is 5.69 Å². The maximum absolute atomic E-state index is 9.68. The fourth-order valence-electron chi connectivity index (χ4n) is 4.42. The lowest BCUT2D eigenvalue weighted by molar-refractivity contribution is 0.0494. The SMILES string of the molecule is CCOc1ccccc1CN1CCN(Cc2cnn(-c3ccc(C)cc3)c2)C[C@H]1CCO. The average Bonchev–Trinajstić information content (AvgIpc) is 3.26. The van der Waals surface area contributed by atoms with Crippen molar-refractivity contribution in [3.8, 4) is 11.4 Å². The highest BCUT2D eigenvalue weighted by atomic mass is 16.5. The van der Waals surface area contributed by atoms with Crippen LogP contribution in [0.15, 0.2) is 60.9 Å². The molecule has 2 heterocycles. The van der Waals surface area contributed by atoms with Gasteiger partial charge in [-0.25, -0.2) is 4.68 Å². The van der Waals surface area contributed by atoms with Crippen molar-refractivity contribution < 1.29 is 9.84 Å². The highest BCUT2D eigenvalue weighted by Gasteiger charge is 2.27. The van der Waals surface area contributed by atoms with Gasteiger partial charge in [0, 0.05) is 62.7 Å². The molecule has 170 valence electrons. The third-order valence-electron chi connectivity index (χ3n) is 6.14. The predicted octanol–water partition coefficient (Wildman–Crippen LogP) is 3.65. The number of para-hydroxylation sites is 1. The van der Waals surface area contributed by atoms with Crippen LogP contribution in [0.3, 0.4) is 0 Å². The third kappa shape index (κ3) is 5.57. The first-order valence-electron chi connectivity index (χ1n) is 11.5. The number of nitrogens with zero attached hydrogens (tertiary/aromatic N) is 4. The van der Waals surface area contributed by atoms with E-state index in [-0.39, 0.29) is 6.61 Å². The van der Waals surface area contributed by atoms with E-state index in [0.717, 1.165) is 50.6 Å². The summed E-state index contributed by atoms with van der Waals surface area (Å²) in [6.45, 7) is 9.60. The molecule has 0 amide bonds. The molecule has 0 spiro atoms. The van der Waals surface area contributed by atoms with E-state index in [1.807, 2.05) is 29.9 Å². The second-order valence-electron chi connectivity index (χ2n) is 8.54. The second kappa shape index (κ2) is 10.8. The number of aromatic nitrogens is 2. The molecule has 1 aromatic heterocycles. The number of aliphatic hydroxyl groups excluding tert-OH is 1. The monoisotopic (exact) mass is 434 g/mol. The fourth-order valence-corrected chi connectivity index (χ4v) is 4.42. The molecule has 0 saturated carbocycles. The summed E-state index contributed by atoms with van der Waals surface area (Å²) in [4.78, 5) is 4.96. The molecule has 6 nitrogen and oxygen atoms in total. The van der Waals surface area contributed by atoms with Crippen LogP contribution in [0.4, 0.5) is 0 Å². The Labute approximate surface area is 191 Å². The van der Waals surface area contributed by atoms with E-state index >= 15 is 0 Å². The van der Waals surface area contributed by atoms with E-state index in [1.54, 1.807) is 0 Å². The molecule has 3 aromatic rings. The smallest absolute Gasteiger partial charge is 0.123 e. The van der Waals surface area contributed by atoms with Crippen molar-refractivity contribution in [2.45, 2.75) is 39.4 Å². The van der Waals surface area contributed by atoms with Gasteiger partial charge in [0.1, 0.15) is 5.75 Å². The summed E-state index contributed by atoms with van der Waals surface area (Å²) >= 11 is 0. The molecule has 0 radical (unpaired) electrons. The maximum Gasteiger partial charge on any atom is 0.123 e. The molecule has 1 atom stereocenters. The molecule has 0 bridgehead atoms. The highest BCUT2D eigenvalue weighted by Crippen LogP contribution is 2.24. The van der Waals surface area contributed by atoms with Crippen molar-refractivity contribution in [2.75, 3.05) is 32.8 Å². The van der Waals surface area contributed by atoms with Crippen LogP contribution in [-0.2, 0) is 13.1 Å². The van der Waals surface area contributed by atoms with E-state index in [4.69, 9.17) is 4.74 Å². The number of aryl methyl sites for hydroxylation is 1. The predicted molar refractivity (Wildman–Crippen MR) is 127 cm³/mol. The molecule has 1 fully saturated rings. The van der Waals surface area contributed by atoms with Gasteiger partial charge in [-0.15, -0.1) is 0 Å². The molecular formula is C26H34N4O2. The molecule has 32 heavy (non-hydrogen) atoms. The van der Waals surface area contributed by atoms with Crippen LogP contribution < -0.4 is 4.74 Å². The Morgan fingerprint density at radius 3 is 2.66 bits per heavy atom. The molecule has 1 N–H and O–H groups in total. The van der Waals surface area contributed by atoms with Crippen LogP contribution in [-0.4, -0.2) is 63.6 Å². The summed E-state index contributed by atoms with van der Waals surface area (Å²) in [6.07, 6.45) is 4.86. The Balaban J connectivity index is 1.39. The molecule has 0 unspecified atom stereocenters. The minimum absolute atomic E-state index is 0.202. The van der Waals surface area contributed by atoms with Crippen molar-refractivity contribution in [2.24, 2.45) is 0 Å². The lowest BCUT2D eigenvalue weighted by Crippen LogP contribution is -2.52. The van der Waals surface area contributed by atoms with Gasteiger partial charge in [-0.3, -0.25) is 9.80 Å². The second-order valence-corrected chi connectivity index (χ2v) is 8.54. The molecule has 2 aromatic carbocycles. The Bertz CT molecular complexity index is 986. The number of benzene rings is 2. The van der Waals surface area contributed by atoms with Crippen LogP contribution in [0.1, 0.15) is 30.0 Å². The first-order valence-corrected chi connectivity index (χ1v) is 11.5. The minimum atomic E-state index is 0.202. The Morgan fingerprint density at radius 2 is 1.88 bits per heavy atom. The van der Waals surface area contributed by atoms with Crippen LogP contribution in [0, 0.1) is 6.92 Å². The Kier molecular flexibility index (Phi) is 7.58.